The fraction of sp³-hybridized carbons (Fsp3) is 0.471. The Labute approximate surface area is 129 Å². The minimum atomic E-state index is -0.0768. The van der Waals surface area contributed by atoms with E-state index in [0.717, 1.165) is 25.1 Å². The van der Waals surface area contributed by atoms with Crippen LogP contribution in [0.2, 0.25) is 0 Å². The molecule has 0 bridgehead atoms. The Kier molecular flexibility index (Phi) is 3.21. The topological polar surface area (TPSA) is 59.2 Å². The average molecular weight is 297 g/mol. The van der Waals surface area contributed by atoms with E-state index in [2.05, 4.69) is 29.2 Å². The van der Waals surface area contributed by atoms with Crippen LogP contribution in [0.3, 0.4) is 0 Å². The van der Waals surface area contributed by atoms with E-state index >= 15 is 0 Å². The highest BCUT2D eigenvalue weighted by Crippen LogP contribution is 2.40. The van der Waals surface area contributed by atoms with Gasteiger partial charge in [-0.15, -0.1) is 0 Å². The van der Waals surface area contributed by atoms with E-state index in [1.807, 2.05) is 17.0 Å². The van der Waals surface area contributed by atoms with Crippen molar-refractivity contribution in [1.29, 1.82) is 0 Å². The van der Waals surface area contributed by atoms with Crippen molar-refractivity contribution < 1.29 is 9.32 Å². The molecule has 1 aromatic carbocycles. The van der Waals surface area contributed by atoms with E-state index in [1.54, 1.807) is 0 Å². The van der Waals surface area contributed by atoms with Crippen LogP contribution in [-0.2, 0) is 11.3 Å². The summed E-state index contributed by atoms with van der Waals surface area (Å²) in [4.78, 5) is 18.7. The molecule has 5 nitrogen and oxygen atoms in total. The molecule has 1 amide bonds. The lowest BCUT2D eigenvalue weighted by atomic mass is 10.1. The molecule has 22 heavy (non-hydrogen) atoms. The molecule has 0 radical (unpaired) electrons. The molecule has 0 spiro atoms. The summed E-state index contributed by atoms with van der Waals surface area (Å²) in [5.74, 6) is 2.05. The van der Waals surface area contributed by atoms with Crippen LogP contribution in [0.15, 0.2) is 28.8 Å². The zero-order valence-electron chi connectivity index (χ0n) is 12.7. The second-order valence-corrected chi connectivity index (χ2v) is 6.27. The van der Waals surface area contributed by atoms with E-state index in [1.165, 1.54) is 11.1 Å². The number of benzene rings is 1. The summed E-state index contributed by atoms with van der Waals surface area (Å²) >= 11 is 0. The van der Waals surface area contributed by atoms with Crippen molar-refractivity contribution in [3.8, 4) is 0 Å². The highest BCUT2D eigenvalue weighted by Gasteiger charge is 2.37. The lowest BCUT2D eigenvalue weighted by molar-refractivity contribution is -0.130. The Morgan fingerprint density at radius 3 is 2.86 bits per heavy atom. The number of aromatic nitrogens is 2. The first-order valence-electron chi connectivity index (χ1n) is 7.90. The molecule has 1 aliphatic heterocycles. The van der Waals surface area contributed by atoms with Crippen molar-refractivity contribution >= 4 is 5.91 Å². The van der Waals surface area contributed by atoms with Gasteiger partial charge in [-0.1, -0.05) is 29.4 Å². The Hall–Kier alpha value is -2.17. The molecule has 2 aliphatic rings. The maximum atomic E-state index is 12.3. The molecule has 1 aliphatic carbocycles. The molecule has 1 saturated carbocycles. The van der Waals surface area contributed by atoms with E-state index in [9.17, 15) is 4.79 Å². The predicted molar refractivity (Wildman–Crippen MR) is 80.0 cm³/mol. The van der Waals surface area contributed by atoms with Crippen LogP contribution in [0.1, 0.15) is 60.5 Å². The molecule has 5 heteroatoms. The van der Waals surface area contributed by atoms with E-state index in [4.69, 9.17) is 4.52 Å². The predicted octanol–water partition coefficient (Wildman–Crippen LogP) is 3.12. The SMILES string of the molecule is Cc1ccccc1CN1C(=O)CCC1c1nc(C2CC2)no1. The minimum Gasteiger partial charge on any atom is -0.337 e. The average Bonchev–Trinajstić information content (AvgIpc) is 3.15. The number of aryl methyl sites for hydroxylation is 1. The molecule has 2 aromatic rings. The lowest BCUT2D eigenvalue weighted by Crippen LogP contribution is -2.27. The molecule has 4 rings (SSSR count). The smallest absolute Gasteiger partial charge is 0.249 e. The quantitative estimate of drug-likeness (QED) is 0.870. The van der Waals surface area contributed by atoms with Crippen molar-refractivity contribution in [3.05, 3.63) is 47.1 Å². The number of hydrogen-bond donors (Lipinski definition) is 0. The summed E-state index contributed by atoms with van der Waals surface area (Å²) in [6.45, 7) is 2.68. The molecule has 0 N–H and O–H groups in total. The van der Waals surface area contributed by atoms with E-state index in [-0.39, 0.29) is 11.9 Å². The van der Waals surface area contributed by atoms with Crippen LogP contribution in [0.4, 0.5) is 0 Å². The first-order chi connectivity index (χ1) is 10.7. The normalized spacial score (nSPS) is 21.6. The molecular formula is C17H19N3O2. The first-order valence-corrected chi connectivity index (χ1v) is 7.90. The van der Waals surface area contributed by atoms with Crippen molar-refractivity contribution in [1.82, 2.24) is 15.0 Å². The number of hydrogen-bond acceptors (Lipinski definition) is 4. The maximum Gasteiger partial charge on any atom is 0.249 e. The van der Waals surface area contributed by atoms with Gasteiger partial charge in [-0.3, -0.25) is 4.79 Å². The van der Waals surface area contributed by atoms with Crippen molar-refractivity contribution in [2.24, 2.45) is 0 Å². The summed E-state index contributed by atoms with van der Waals surface area (Å²) < 4.78 is 5.44. The Balaban J connectivity index is 1.58. The van der Waals surface area contributed by atoms with Gasteiger partial charge < -0.3 is 9.42 Å². The van der Waals surface area contributed by atoms with Gasteiger partial charge in [0.15, 0.2) is 5.82 Å². The number of rotatable bonds is 4. The maximum absolute atomic E-state index is 12.3. The fourth-order valence-electron chi connectivity index (χ4n) is 3.05. The van der Waals surface area contributed by atoms with Gasteiger partial charge >= 0.3 is 0 Å². The molecule has 1 saturated heterocycles. The zero-order valence-corrected chi connectivity index (χ0v) is 12.7. The first kappa shape index (κ1) is 13.5. The minimum absolute atomic E-state index is 0.0768. The summed E-state index contributed by atoms with van der Waals surface area (Å²) in [6, 6.07) is 8.09. The largest absolute Gasteiger partial charge is 0.337 e. The van der Waals surface area contributed by atoms with Gasteiger partial charge in [-0.05, 0) is 37.3 Å². The third-order valence-corrected chi connectivity index (χ3v) is 4.62. The van der Waals surface area contributed by atoms with E-state index in [0.29, 0.717) is 24.8 Å². The van der Waals surface area contributed by atoms with Gasteiger partial charge in [0, 0.05) is 18.9 Å². The van der Waals surface area contributed by atoms with Crippen LogP contribution in [0, 0.1) is 6.92 Å². The third kappa shape index (κ3) is 2.40. The van der Waals surface area contributed by atoms with E-state index < -0.39 is 0 Å². The fourth-order valence-corrected chi connectivity index (χ4v) is 3.05. The van der Waals surface area contributed by atoms with Crippen LogP contribution >= 0.6 is 0 Å². The summed E-state index contributed by atoms with van der Waals surface area (Å²) in [7, 11) is 0. The standard InChI is InChI=1S/C17H19N3O2/c1-11-4-2-3-5-13(11)10-20-14(8-9-15(20)21)17-18-16(19-22-17)12-6-7-12/h2-5,12,14H,6-10H2,1H3. The van der Waals surface area contributed by atoms with Crippen LogP contribution in [0.5, 0.6) is 0 Å². The van der Waals surface area contributed by atoms with Crippen molar-refractivity contribution in [2.75, 3.05) is 0 Å². The Bertz CT molecular complexity index is 705. The number of likely N-dealkylation sites (tertiary alicyclic amines) is 1. The second kappa shape index (κ2) is 5.23. The third-order valence-electron chi connectivity index (χ3n) is 4.62. The number of carbonyl (C=O) groups excluding carboxylic acids is 1. The van der Waals surface area contributed by atoms with Crippen LogP contribution < -0.4 is 0 Å². The Morgan fingerprint density at radius 2 is 2.09 bits per heavy atom. The summed E-state index contributed by atoms with van der Waals surface area (Å²) in [5.41, 5.74) is 2.37. The molecule has 1 unspecified atom stereocenters. The van der Waals surface area contributed by atoms with Gasteiger partial charge in [0.05, 0.1) is 0 Å². The van der Waals surface area contributed by atoms with Crippen molar-refractivity contribution in [3.63, 3.8) is 0 Å². The number of amides is 1. The van der Waals surface area contributed by atoms with Gasteiger partial charge in [0.2, 0.25) is 11.8 Å². The van der Waals surface area contributed by atoms with Gasteiger partial charge in [0.25, 0.3) is 0 Å². The highest BCUT2D eigenvalue weighted by molar-refractivity contribution is 5.78. The molecule has 1 atom stereocenters. The summed E-state index contributed by atoms with van der Waals surface area (Å²) in [6.07, 6.45) is 3.61. The number of carbonyl (C=O) groups is 1. The van der Waals surface area contributed by atoms with Gasteiger partial charge in [-0.2, -0.15) is 4.98 Å². The molecule has 114 valence electrons. The second-order valence-electron chi connectivity index (χ2n) is 6.27. The molecule has 2 heterocycles. The monoisotopic (exact) mass is 297 g/mol. The number of nitrogens with zero attached hydrogens (tertiary/aromatic N) is 3. The molecule has 1 aromatic heterocycles. The van der Waals surface area contributed by atoms with Crippen LogP contribution in [-0.4, -0.2) is 20.9 Å². The zero-order chi connectivity index (χ0) is 15.1. The highest BCUT2D eigenvalue weighted by atomic mass is 16.5. The summed E-state index contributed by atoms with van der Waals surface area (Å²) in [5, 5.41) is 4.08. The van der Waals surface area contributed by atoms with Gasteiger partial charge in [0.1, 0.15) is 6.04 Å². The Morgan fingerprint density at radius 1 is 1.27 bits per heavy atom. The molecular weight excluding hydrogens is 278 g/mol. The van der Waals surface area contributed by atoms with Gasteiger partial charge in [-0.25, -0.2) is 0 Å². The molecule has 2 fully saturated rings. The van der Waals surface area contributed by atoms with Crippen molar-refractivity contribution in [2.45, 2.75) is 51.1 Å². The lowest BCUT2D eigenvalue weighted by Gasteiger charge is -2.23. The van der Waals surface area contributed by atoms with Crippen LogP contribution in [0.25, 0.3) is 0 Å².